The second kappa shape index (κ2) is 6.87. The summed E-state index contributed by atoms with van der Waals surface area (Å²) in [7, 11) is 0. The van der Waals surface area contributed by atoms with E-state index in [-0.39, 0.29) is 6.79 Å². The summed E-state index contributed by atoms with van der Waals surface area (Å²) in [4.78, 5) is 16.0. The van der Waals surface area contributed by atoms with E-state index in [4.69, 9.17) is 15.2 Å². The third-order valence-electron chi connectivity index (χ3n) is 4.92. The molecule has 2 aromatic carbocycles. The summed E-state index contributed by atoms with van der Waals surface area (Å²) in [6.07, 6.45) is 3.64. The molecule has 0 atom stereocenters. The van der Waals surface area contributed by atoms with Crippen molar-refractivity contribution >= 4 is 17.2 Å². The number of primary amides is 1. The van der Waals surface area contributed by atoms with Crippen LogP contribution in [0.1, 0.15) is 15.9 Å². The zero-order valence-electron chi connectivity index (χ0n) is 15.5. The second-order valence-corrected chi connectivity index (χ2v) is 6.74. The lowest BCUT2D eigenvalue weighted by Gasteiger charge is -2.10. The molecule has 1 aliphatic heterocycles. The van der Waals surface area contributed by atoms with Gasteiger partial charge in [-0.3, -0.25) is 4.79 Å². The van der Waals surface area contributed by atoms with Crippen molar-refractivity contribution in [3.05, 3.63) is 78.1 Å². The molecule has 0 saturated heterocycles. The number of carbonyl (C=O) groups is 1. The van der Waals surface area contributed by atoms with Gasteiger partial charge in [-0.15, -0.1) is 0 Å². The van der Waals surface area contributed by atoms with Crippen molar-refractivity contribution in [3.8, 4) is 22.8 Å². The number of amides is 1. The molecule has 5 rings (SSSR count). The molecule has 0 saturated carbocycles. The molecule has 144 valence electrons. The number of hydrogen-bond acceptors (Lipinski definition) is 5. The van der Waals surface area contributed by atoms with Crippen LogP contribution in [0.5, 0.6) is 11.5 Å². The molecular weight excluding hydrogens is 368 g/mol. The maximum atomic E-state index is 11.5. The SMILES string of the molecule is NC(=O)c1cccc(-c2ccc3c(NCc4ccc5c(c4)OCO5)nccn23)c1. The van der Waals surface area contributed by atoms with Gasteiger partial charge < -0.3 is 24.9 Å². The van der Waals surface area contributed by atoms with Crippen LogP contribution in [0.3, 0.4) is 0 Å². The van der Waals surface area contributed by atoms with Crippen molar-refractivity contribution in [2.45, 2.75) is 6.54 Å². The molecule has 29 heavy (non-hydrogen) atoms. The number of aromatic nitrogens is 2. The van der Waals surface area contributed by atoms with Crippen molar-refractivity contribution in [1.82, 2.24) is 9.38 Å². The quantitative estimate of drug-likeness (QED) is 0.548. The summed E-state index contributed by atoms with van der Waals surface area (Å²) < 4.78 is 12.8. The fraction of sp³-hybridized carbons (Fsp3) is 0.0909. The van der Waals surface area contributed by atoms with E-state index in [0.29, 0.717) is 12.1 Å². The molecule has 2 aromatic heterocycles. The van der Waals surface area contributed by atoms with Crippen LogP contribution in [0.15, 0.2) is 67.0 Å². The molecule has 1 amide bonds. The Morgan fingerprint density at radius 1 is 1.10 bits per heavy atom. The molecule has 0 spiro atoms. The Morgan fingerprint density at radius 2 is 2.00 bits per heavy atom. The fourth-order valence-corrected chi connectivity index (χ4v) is 3.48. The smallest absolute Gasteiger partial charge is 0.248 e. The number of nitrogens with two attached hydrogens (primary N) is 1. The molecular formula is C22H18N4O3. The minimum atomic E-state index is -0.444. The van der Waals surface area contributed by atoms with E-state index in [1.807, 2.05) is 53.1 Å². The number of rotatable bonds is 5. The minimum Gasteiger partial charge on any atom is -0.454 e. The summed E-state index contributed by atoms with van der Waals surface area (Å²) in [6, 6.07) is 17.2. The van der Waals surface area contributed by atoms with E-state index < -0.39 is 5.91 Å². The van der Waals surface area contributed by atoms with Crippen LogP contribution in [-0.2, 0) is 6.54 Å². The van der Waals surface area contributed by atoms with Crippen LogP contribution in [0.2, 0.25) is 0 Å². The van der Waals surface area contributed by atoms with E-state index in [9.17, 15) is 4.79 Å². The van der Waals surface area contributed by atoms with Gasteiger partial charge >= 0.3 is 0 Å². The molecule has 0 unspecified atom stereocenters. The lowest BCUT2D eigenvalue weighted by molar-refractivity contribution is 0.100. The van der Waals surface area contributed by atoms with Crippen LogP contribution in [0.4, 0.5) is 5.82 Å². The van der Waals surface area contributed by atoms with Crippen LogP contribution < -0.4 is 20.5 Å². The van der Waals surface area contributed by atoms with Gasteiger partial charge in [0.15, 0.2) is 17.3 Å². The lowest BCUT2D eigenvalue weighted by Crippen LogP contribution is -2.10. The van der Waals surface area contributed by atoms with Gasteiger partial charge in [0.05, 0.1) is 11.2 Å². The predicted molar refractivity (Wildman–Crippen MR) is 109 cm³/mol. The van der Waals surface area contributed by atoms with Crippen molar-refractivity contribution in [3.63, 3.8) is 0 Å². The first-order chi connectivity index (χ1) is 14.2. The molecule has 3 heterocycles. The van der Waals surface area contributed by atoms with E-state index in [0.717, 1.165) is 39.7 Å². The third kappa shape index (κ3) is 3.12. The Morgan fingerprint density at radius 3 is 2.90 bits per heavy atom. The molecule has 0 aliphatic carbocycles. The molecule has 0 radical (unpaired) electrons. The van der Waals surface area contributed by atoms with Gasteiger partial charge in [-0.25, -0.2) is 4.98 Å². The number of nitrogens with one attached hydrogen (secondary N) is 1. The summed E-state index contributed by atoms with van der Waals surface area (Å²) in [5.74, 6) is 1.85. The average Bonchev–Trinajstić information content (AvgIpc) is 3.39. The Kier molecular flexibility index (Phi) is 4.05. The standard InChI is InChI=1S/C22H18N4O3/c23-21(27)16-3-1-2-15(11-16)17-5-6-18-22(24-8-9-26(17)18)25-12-14-4-7-19-20(10-14)29-13-28-19/h1-11H,12-13H2,(H2,23,27)(H,24,25). The molecule has 7 nitrogen and oxygen atoms in total. The van der Waals surface area contributed by atoms with Crippen LogP contribution in [-0.4, -0.2) is 22.1 Å². The maximum Gasteiger partial charge on any atom is 0.248 e. The van der Waals surface area contributed by atoms with Gasteiger partial charge in [-0.1, -0.05) is 18.2 Å². The third-order valence-corrected chi connectivity index (χ3v) is 4.92. The molecule has 0 bridgehead atoms. The first-order valence-electron chi connectivity index (χ1n) is 9.18. The first kappa shape index (κ1) is 17.1. The minimum absolute atomic E-state index is 0.261. The normalized spacial score (nSPS) is 12.3. The molecule has 7 heteroatoms. The van der Waals surface area contributed by atoms with Gasteiger partial charge in [-0.2, -0.15) is 0 Å². The lowest BCUT2D eigenvalue weighted by atomic mass is 10.1. The van der Waals surface area contributed by atoms with Crippen LogP contribution in [0, 0.1) is 0 Å². The Bertz CT molecular complexity index is 1230. The Hall–Kier alpha value is -4.00. The summed E-state index contributed by atoms with van der Waals surface area (Å²) >= 11 is 0. The summed E-state index contributed by atoms with van der Waals surface area (Å²) in [5, 5.41) is 3.39. The molecule has 4 aromatic rings. The highest BCUT2D eigenvalue weighted by Crippen LogP contribution is 2.33. The number of anilines is 1. The highest BCUT2D eigenvalue weighted by molar-refractivity contribution is 5.94. The summed E-state index contributed by atoms with van der Waals surface area (Å²) in [6.45, 7) is 0.859. The van der Waals surface area contributed by atoms with Gasteiger partial charge in [0.1, 0.15) is 0 Å². The van der Waals surface area contributed by atoms with E-state index in [1.165, 1.54) is 0 Å². The van der Waals surface area contributed by atoms with E-state index in [2.05, 4.69) is 10.3 Å². The van der Waals surface area contributed by atoms with Crippen molar-refractivity contribution in [2.75, 3.05) is 12.1 Å². The van der Waals surface area contributed by atoms with Crippen LogP contribution >= 0.6 is 0 Å². The number of benzene rings is 2. The number of hydrogen-bond donors (Lipinski definition) is 2. The topological polar surface area (TPSA) is 90.9 Å². The van der Waals surface area contributed by atoms with Gasteiger partial charge in [0.25, 0.3) is 0 Å². The van der Waals surface area contributed by atoms with Gasteiger partial charge in [0, 0.05) is 24.5 Å². The number of carbonyl (C=O) groups excluding carboxylic acids is 1. The largest absolute Gasteiger partial charge is 0.454 e. The number of nitrogens with zero attached hydrogens (tertiary/aromatic N) is 2. The van der Waals surface area contributed by atoms with Gasteiger partial charge in [-0.05, 0) is 47.5 Å². The van der Waals surface area contributed by atoms with Crippen LogP contribution in [0.25, 0.3) is 16.8 Å². The zero-order valence-corrected chi connectivity index (χ0v) is 15.5. The predicted octanol–water partition coefficient (Wildman–Crippen LogP) is 3.44. The monoisotopic (exact) mass is 386 g/mol. The number of fused-ring (bicyclic) bond motifs is 2. The second-order valence-electron chi connectivity index (χ2n) is 6.74. The summed E-state index contributed by atoms with van der Waals surface area (Å²) in [5.41, 5.74) is 9.77. The Balaban J connectivity index is 1.44. The zero-order chi connectivity index (χ0) is 19.8. The average molecular weight is 386 g/mol. The molecule has 0 fully saturated rings. The van der Waals surface area contributed by atoms with Crippen molar-refractivity contribution in [2.24, 2.45) is 5.73 Å². The van der Waals surface area contributed by atoms with E-state index in [1.54, 1.807) is 18.3 Å². The van der Waals surface area contributed by atoms with Gasteiger partial charge in [0.2, 0.25) is 12.7 Å². The Labute approximate surface area is 166 Å². The van der Waals surface area contributed by atoms with Crippen molar-refractivity contribution in [1.29, 1.82) is 0 Å². The first-order valence-corrected chi connectivity index (χ1v) is 9.18. The molecule has 3 N–H and O–H groups in total. The maximum absolute atomic E-state index is 11.5. The number of ether oxygens (including phenoxy) is 2. The highest BCUT2D eigenvalue weighted by atomic mass is 16.7. The fourth-order valence-electron chi connectivity index (χ4n) is 3.48. The highest BCUT2D eigenvalue weighted by Gasteiger charge is 2.14. The van der Waals surface area contributed by atoms with Crippen molar-refractivity contribution < 1.29 is 14.3 Å². The van der Waals surface area contributed by atoms with E-state index >= 15 is 0 Å². The molecule has 1 aliphatic rings.